The van der Waals surface area contributed by atoms with Crippen LogP contribution in [0.4, 0.5) is 5.69 Å². The number of nitrogens with two attached hydrogens (primary N) is 1. The summed E-state index contributed by atoms with van der Waals surface area (Å²) in [6, 6.07) is 3.41. The average Bonchev–Trinajstić information content (AvgIpc) is 2.36. The molecule has 0 aliphatic heterocycles. The Morgan fingerprint density at radius 2 is 2.00 bits per heavy atom. The fourth-order valence-corrected chi connectivity index (χ4v) is 1.99. The molecule has 1 unspecified atom stereocenters. The molecule has 0 aliphatic carbocycles. The Hall–Kier alpha value is -1.80. The Morgan fingerprint density at radius 3 is 2.47 bits per heavy atom. The minimum absolute atomic E-state index is 0.0761. The van der Waals surface area contributed by atoms with Gasteiger partial charge in [-0.05, 0) is 25.1 Å². The first-order chi connectivity index (χ1) is 8.79. The molecular formula is C11H16N2O5S. The number of anilines is 1. The smallest absolute Gasteiger partial charge is 0.327 e. The van der Waals surface area contributed by atoms with Crippen LogP contribution >= 0.6 is 0 Å². The van der Waals surface area contributed by atoms with E-state index in [1.807, 2.05) is 0 Å². The lowest BCUT2D eigenvalue weighted by Crippen LogP contribution is -2.27. The molecule has 3 N–H and O–H groups in total. The highest BCUT2D eigenvalue weighted by atomic mass is 32.2. The number of hydrogen-bond donors (Lipinski definition) is 2. The van der Waals surface area contributed by atoms with Crippen molar-refractivity contribution in [2.24, 2.45) is 5.14 Å². The van der Waals surface area contributed by atoms with Crippen LogP contribution in [0, 0.1) is 0 Å². The summed E-state index contributed by atoms with van der Waals surface area (Å²) in [6.07, 6.45) is 0. The summed E-state index contributed by atoms with van der Waals surface area (Å²) in [5, 5.41) is 7.85. The summed E-state index contributed by atoms with van der Waals surface area (Å²) in [5.41, 5.74) is 0.340. The number of hydrogen-bond acceptors (Lipinski definition) is 6. The van der Waals surface area contributed by atoms with Crippen LogP contribution in [-0.4, -0.2) is 34.6 Å². The van der Waals surface area contributed by atoms with E-state index >= 15 is 0 Å². The molecule has 0 spiro atoms. The van der Waals surface area contributed by atoms with E-state index in [4.69, 9.17) is 9.88 Å². The highest BCUT2D eigenvalue weighted by Crippen LogP contribution is 2.27. The molecule has 0 fully saturated rings. The number of carbonyl (C=O) groups is 1. The number of ether oxygens (including phenoxy) is 2. The lowest BCUT2D eigenvalue weighted by atomic mass is 10.2. The molecule has 0 bridgehead atoms. The number of primary sulfonamides is 1. The molecule has 0 amide bonds. The van der Waals surface area contributed by atoms with Crippen molar-refractivity contribution in [1.29, 1.82) is 0 Å². The largest absolute Gasteiger partial charge is 0.495 e. The normalized spacial score (nSPS) is 12.6. The highest BCUT2D eigenvalue weighted by molar-refractivity contribution is 7.89. The molecule has 19 heavy (non-hydrogen) atoms. The second-order valence-electron chi connectivity index (χ2n) is 3.80. The molecule has 0 saturated heterocycles. The summed E-state index contributed by atoms with van der Waals surface area (Å²) >= 11 is 0. The van der Waals surface area contributed by atoms with Crippen LogP contribution in [0.5, 0.6) is 5.75 Å². The average molecular weight is 288 g/mol. The first-order valence-corrected chi connectivity index (χ1v) is 6.89. The molecule has 0 saturated carbocycles. The molecule has 1 aromatic rings. The molecule has 1 atom stereocenters. The quantitative estimate of drug-likeness (QED) is 0.755. The first-order valence-electron chi connectivity index (χ1n) is 5.34. The molecule has 0 heterocycles. The summed E-state index contributed by atoms with van der Waals surface area (Å²) in [5.74, 6) is -0.0915. The van der Waals surface area contributed by atoms with E-state index < -0.39 is 22.0 Å². The van der Waals surface area contributed by atoms with Gasteiger partial charge in [-0.1, -0.05) is 0 Å². The summed E-state index contributed by atoms with van der Waals surface area (Å²) in [6.45, 7) is 1.58. The second-order valence-corrected chi connectivity index (χ2v) is 5.36. The van der Waals surface area contributed by atoms with Gasteiger partial charge in [0.15, 0.2) is 0 Å². The molecular weight excluding hydrogens is 272 g/mol. The van der Waals surface area contributed by atoms with Crippen LogP contribution in [0.3, 0.4) is 0 Å². The topological polar surface area (TPSA) is 108 Å². The van der Waals surface area contributed by atoms with Gasteiger partial charge in [-0.25, -0.2) is 18.4 Å². The number of methoxy groups -OCH3 is 2. The van der Waals surface area contributed by atoms with E-state index in [1.165, 1.54) is 32.4 Å². The van der Waals surface area contributed by atoms with Gasteiger partial charge in [0, 0.05) is 0 Å². The van der Waals surface area contributed by atoms with Crippen LogP contribution in [0.15, 0.2) is 23.1 Å². The molecule has 1 rings (SSSR count). The fraction of sp³-hybridized carbons (Fsp3) is 0.364. The minimum atomic E-state index is -3.82. The number of esters is 1. The standard InChI is InChI=1S/C11H16N2O5S/c1-7(11(14)18-3)13-9-6-8(19(12,15)16)4-5-10(9)17-2/h4-7,13H,1-3H3,(H2,12,15,16). The summed E-state index contributed by atoms with van der Waals surface area (Å²) < 4.78 is 32.2. The Bertz CT molecular complexity index is 570. The molecule has 1 aromatic carbocycles. The zero-order chi connectivity index (χ0) is 14.6. The lowest BCUT2D eigenvalue weighted by molar-refractivity contribution is -0.141. The van der Waals surface area contributed by atoms with Crippen molar-refractivity contribution < 1.29 is 22.7 Å². The van der Waals surface area contributed by atoms with Crippen molar-refractivity contribution in [2.45, 2.75) is 17.9 Å². The van der Waals surface area contributed by atoms with E-state index in [-0.39, 0.29) is 4.90 Å². The van der Waals surface area contributed by atoms with Gasteiger partial charge in [-0.2, -0.15) is 0 Å². The fourth-order valence-electron chi connectivity index (χ4n) is 1.45. The van der Waals surface area contributed by atoms with E-state index in [0.717, 1.165) is 0 Å². The maximum Gasteiger partial charge on any atom is 0.327 e. The van der Waals surface area contributed by atoms with Crippen molar-refractivity contribution in [2.75, 3.05) is 19.5 Å². The zero-order valence-electron chi connectivity index (χ0n) is 10.8. The third-order valence-electron chi connectivity index (χ3n) is 2.43. The second kappa shape index (κ2) is 5.89. The maximum atomic E-state index is 11.3. The van der Waals surface area contributed by atoms with E-state index in [9.17, 15) is 13.2 Å². The van der Waals surface area contributed by atoms with Crippen molar-refractivity contribution in [3.05, 3.63) is 18.2 Å². The third-order valence-corrected chi connectivity index (χ3v) is 3.34. The summed E-state index contributed by atoms with van der Waals surface area (Å²) in [7, 11) is -1.13. The minimum Gasteiger partial charge on any atom is -0.495 e. The van der Waals surface area contributed by atoms with Gasteiger partial charge in [-0.3, -0.25) is 0 Å². The predicted molar refractivity (Wildman–Crippen MR) is 69.5 cm³/mol. The molecule has 106 valence electrons. The third kappa shape index (κ3) is 3.83. The highest BCUT2D eigenvalue weighted by Gasteiger charge is 2.17. The van der Waals surface area contributed by atoms with Crippen molar-refractivity contribution >= 4 is 21.7 Å². The number of rotatable bonds is 5. The Kier molecular flexibility index (Phi) is 4.73. The molecule has 0 radical (unpaired) electrons. The van der Waals surface area contributed by atoms with Gasteiger partial charge in [0.05, 0.1) is 24.8 Å². The van der Waals surface area contributed by atoms with Gasteiger partial charge < -0.3 is 14.8 Å². The molecule has 0 aromatic heterocycles. The van der Waals surface area contributed by atoms with Crippen molar-refractivity contribution in [3.63, 3.8) is 0 Å². The van der Waals surface area contributed by atoms with Gasteiger partial charge in [0.1, 0.15) is 11.8 Å². The summed E-state index contributed by atoms with van der Waals surface area (Å²) in [4.78, 5) is 11.3. The van der Waals surface area contributed by atoms with Crippen molar-refractivity contribution in [3.8, 4) is 5.75 Å². The Morgan fingerprint density at radius 1 is 1.37 bits per heavy atom. The molecule has 8 heteroatoms. The van der Waals surface area contributed by atoms with Crippen LogP contribution in [0.25, 0.3) is 0 Å². The molecule has 7 nitrogen and oxygen atoms in total. The zero-order valence-corrected chi connectivity index (χ0v) is 11.7. The number of carbonyl (C=O) groups excluding carboxylic acids is 1. The number of nitrogens with one attached hydrogen (secondary N) is 1. The lowest BCUT2D eigenvalue weighted by Gasteiger charge is -2.16. The number of benzene rings is 1. The Balaban J connectivity index is 3.13. The maximum absolute atomic E-state index is 11.3. The van der Waals surface area contributed by atoms with E-state index in [1.54, 1.807) is 6.92 Å². The van der Waals surface area contributed by atoms with Crippen LogP contribution in [-0.2, 0) is 19.6 Å². The molecule has 0 aliphatic rings. The van der Waals surface area contributed by atoms with Gasteiger partial charge in [0.25, 0.3) is 0 Å². The van der Waals surface area contributed by atoms with Gasteiger partial charge in [0.2, 0.25) is 10.0 Å². The van der Waals surface area contributed by atoms with Crippen LogP contribution < -0.4 is 15.2 Å². The predicted octanol–water partition coefficient (Wildman–Crippen LogP) is 0.316. The SMILES string of the molecule is COC(=O)C(C)Nc1cc(S(N)(=O)=O)ccc1OC. The van der Waals surface area contributed by atoms with Crippen LogP contribution in [0.1, 0.15) is 6.92 Å². The van der Waals surface area contributed by atoms with Gasteiger partial charge >= 0.3 is 5.97 Å². The van der Waals surface area contributed by atoms with Crippen LogP contribution in [0.2, 0.25) is 0 Å². The van der Waals surface area contributed by atoms with E-state index in [0.29, 0.717) is 11.4 Å². The van der Waals surface area contributed by atoms with Gasteiger partial charge in [-0.15, -0.1) is 0 Å². The van der Waals surface area contributed by atoms with Crippen molar-refractivity contribution in [1.82, 2.24) is 0 Å². The Labute approximate surface area is 111 Å². The van der Waals surface area contributed by atoms with E-state index in [2.05, 4.69) is 10.1 Å². The number of sulfonamides is 1. The first kappa shape index (κ1) is 15.3. The monoisotopic (exact) mass is 288 g/mol.